The van der Waals surface area contributed by atoms with Crippen LogP contribution in [-0.2, 0) is 22.4 Å². The maximum absolute atomic E-state index is 12.1. The molecule has 0 atom stereocenters. The molecule has 0 aliphatic heterocycles. The van der Waals surface area contributed by atoms with E-state index < -0.39 is 5.91 Å². The number of fused-ring (bicyclic) bond motifs is 1. The maximum Gasteiger partial charge on any atom is 0.276 e. The van der Waals surface area contributed by atoms with Crippen molar-refractivity contribution in [2.24, 2.45) is 0 Å². The predicted molar refractivity (Wildman–Crippen MR) is 108 cm³/mol. The average molecular weight is 421 g/mol. The molecule has 2 N–H and O–H groups in total. The van der Waals surface area contributed by atoms with Crippen LogP contribution in [0.1, 0.15) is 18.1 Å². The first kappa shape index (κ1) is 20.0. The molecule has 0 aliphatic rings. The van der Waals surface area contributed by atoms with E-state index in [4.69, 9.17) is 32.4 Å². The summed E-state index contributed by atoms with van der Waals surface area (Å²) < 4.78 is 10.8. The summed E-state index contributed by atoms with van der Waals surface area (Å²) in [6.45, 7) is 1.75. The largest absolute Gasteiger partial charge is 0.482 e. The van der Waals surface area contributed by atoms with Crippen LogP contribution in [0.25, 0.3) is 11.0 Å². The standard InChI is InChI=1S/C20H18Cl2N2O4/c1-2-12-3-5-17-15(7-12)13(10-27-17)8-19(25)23-24-20(26)11-28-18-6-4-14(21)9-16(18)22/h3-7,9-10H,2,8,11H2,1H3,(H,23,25)(H,24,26). The lowest BCUT2D eigenvalue weighted by Gasteiger charge is -2.09. The molecular weight excluding hydrogens is 403 g/mol. The second-order valence-electron chi connectivity index (χ2n) is 6.08. The molecule has 3 aromatic rings. The fourth-order valence-corrected chi connectivity index (χ4v) is 3.08. The van der Waals surface area contributed by atoms with Crippen molar-refractivity contribution in [1.82, 2.24) is 10.9 Å². The molecule has 0 aliphatic carbocycles. The highest BCUT2D eigenvalue weighted by Gasteiger charge is 2.12. The molecular formula is C20H18Cl2N2O4. The Kier molecular flexibility index (Phi) is 6.44. The molecule has 3 rings (SSSR count). The number of halogens is 2. The van der Waals surface area contributed by atoms with E-state index in [-0.39, 0.29) is 18.9 Å². The molecule has 2 aromatic carbocycles. The number of hydrogen-bond donors (Lipinski definition) is 2. The van der Waals surface area contributed by atoms with Gasteiger partial charge in [0.25, 0.3) is 5.91 Å². The normalized spacial score (nSPS) is 10.7. The van der Waals surface area contributed by atoms with Gasteiger partial charge in [-0.25, -0.2) is 0 Å². The van der Waals surface area contributed by atoms with Crippen LogP contribution in [0.3, 0.4) is 0 Å². The van der Waals surface area contributed by atoms with Gasteiger partial charge in [0.05, 0.1) is 17.7 Å². The molecule has 0 unspecified atom stereocenters. The Bertz CT molecular complexity index is 1020. The van der Waals surface area contributed by atoms with Gasteiger partial charge in [-0.15, -0.1) is 0 Å². The smallest absolute Gasteiger partial charge is 0.276 e. The van der Waals surface area contributed by atoms with Crippen LogP contribution in [0.4, 0.5) is 0 Å². The minimum atomic E-state index is -0.523. The van der Waals surface area contributed by atoms with Gasteiger partial charge < -0.3 is 9.15 Å². The lowest BCUT2D eigenvalue weighted by atomic mass is 10.1. The van der Waals surface area contributed by atoms with Crippen LogP contribution in [0.2, 0.25) is 10.0 Å². The highest BCUT2D eigenvalue weighted by atomic mass is 35.5. The Labute approximate surface area is 171 Å². The zero-order valence-corrected chi connectivity index (χ0v) is 16.6. The van der Waals surface area contributed by atoms with Crippen molar-refractivity contribution in [2.45, 2.75) is 19.8 Å². The number of rotatable bonds is 6. The van der Waals surface area contributed by atoms with E-state index in [0.717, 1.165) is 28.5 Å². The maximum atomic E-state index is 12.1. The summed E-state index contributed by atoms with van der Waals surface area (Å²) in [7, 11) is 0. The zero-order valence-electron chi connectivity index (χ0n) is 15.1. The summed E-state index contributed by atoms with van der Waals surface area (Å²) in [5.41, 5.74) is 7.29. The fraction of sp³-hybridized carbons (Fsp3) is 0.200. The number of amides is 2. The van der Waals surface area contributed by atoms with Crippen LogP contribution >= 0.6 is 23.2 Å². The minimum Gasteiger partial charge on any atom is -0.482 e. The van der Waals surface area contributed by atoms with Crippen molar-refractivity contribution in [3.05, 3.63) is 63.8 Å². The lowest BCUT2D eigenvalue weighted by Crippen LogP contribution is -2.44. The summed E-state index contributed by atoms with van der Waals surface area (Å²) in [4.78, 5) is 24.0. The Morgan fingerprint density at radius 3 is 2.61 bits per heavy atom. The molecule has 0 spiro atoms. The number of hydrazine groups is 1. The van der Waals surface area contributed by atoms with Crippen molar-refractivity contribution in [3.63, 3.8) is 0 Å². The Hall–Kier alpha value is -2.70. The summed E-state index contributed by atoms with van der Waals surface area (Å²) in [6, 6.07) is 10.5. The van der Waals surface area contributed by atoms with Crippen LogP contribution in [0.5, 0.6) is 5.75 Å². The summed E-state index contributed by atoms with van der Waals surface area (Å²) in [5, 5.41) is 1.65. The molecule has 0 saturated carbocycles. The molecule has 28 heavy (non-hydrogen) atoms. The average Bonchev–Trinajstić information content (AvgIpc) is 3.07. The Balaban J connectivity index is 1.50. The molecule has 0 fully saturated rings. The number of benzene rings is 2. The van der Waals surface area contributed by atoms with Gasteiger partial charge in [0.15, 0.2) is 6.61 Å². The van der Waals surface area contributed by atoms with Crippen molar-refractivity contribution in [1.29, 1.82) is 0 Å². The monoisotopic (exact) mass is 420 g/mol. The highest BCUT2D eigenvalue weighted by Crippen LogP contribution is 2.27. The van der Waals surface area contributed by atoms with Crippen LogP contribution in [0, 0.1) is 0 Å². The predicted octanol–water partition coefficient (Wildman–Crippen LogP) is 4.07. The summed E-state index contributed by atoms with van der Waals surface area (Å²) in [5.74, 6) is -0.573. The number of carbonyl (C=O) groups is 2. The number of carbonyl (C=O) groups excluding carboxylic acids is 2. The van der Waals surface area contributed by atoms with Crippen molar-refractivity contribution in [2.75, 3.05) is 6.61 Å². The molecule has 146 valence electrons. The van der Waals surface area contributed by atoms with Gasteiger partial charge in [-0.2, -0.15) is 0 Å². The number of nitrogens with one attached hydrogen (secondary N) is 2. The van der Waals surface area contributed by atoms with E-state index in [1.807, 2.05) is 18.2 Å². The summed E-state index contributed by atoms with van der Waals surface area (Å²) in [6.07, 6.45) is 2.52. The van der Waals surface area contributed by atoms with E-state index in [1.165, 1.54) is 6.07 Å². The number of hydrogen-bond acceptors (Lipinski definition) is 4. The molecule has 8 heteroatoms. The van der Waals surface area contributed by atoms with Gasteiger partial charge in [-0.1, -0.05) is 36.2 Å². The van der Waals surface area contributed by atoms with E-state index in [2.05, 4.69) is 17.8 Å². The third-order valence-corrected chi connectivity index (χ3v) is 4.60. The number of aryl methyl sites for hydroxylation is 1. The van der Waals surface area contributed by atoms with E-state index in [1.54, 1.807) is 18.4 Å². The highest BCUT2D eigenvalue weighted by molar-refractivity contribution is 6.35. The summed E-state index contributed by atoms with van der Waals surface area (Å²) >= 11 is 11.8. The van der Waals surface area contributed by atoms with Gasteiger partial charge in [-0.3, -0.25) is 20.4 Å². The van der Waals surface area contributed by atoms with Gasteiger partial charge in [0.2, 0.25) is 5.91 Å². The molecule has 1 heterocycles. The molecule has 0 radical (unpaired) electrons. The zero-order chi connectivity index (χ0) is 20.1. The third kappa shape index (κ3) is 4.97. The van der Waals surface area contributed by atoms with Crippen molar-refractivity contribution < 1.29 is 18.7 Å². The molecule has 6 nitrogen and oxygen atoms in total. The Morgan fingerprint density at radius 1 is 1.07 bits per heavy atom. The molecule has 0 bridgehead atoms. The third-order valence-electron chi connectivity index (χ3n) is 4.07. The first-order valence-electron chi connectivity index (χ1n) is 8.60. The number of furan rings is 1. The molecule has 2 amide bonds. The van der Waals surface area contributed by atoms with E-state index in [0.29, 0.717) is 15.8 Å². The van der Waals surface area contributed by atoms with Crippen LogP contribution < -0.4 is 15.6 Å². The van der Waals surface area contributed by atoms with Gasteiger partial charge >= 0.3 is 0 Å². The van der Waals surface area contributed by atoms with Gasteiger partial charge in [0, 0.05) is 16.0 Å². The first-order chi connectivity index (χ1) is 13.5. The number of ether oxygens (including phenoxy) is 1. The Morgan fingerprint density at radius 2 is 1.86 bits per heavy atom. The quantitative estimate of drug-likeness (QED) is 0.588. The van der Waals surface area contributed by atoms with Gasteiger partial charge in [0.1, 0.15) is 11.3 Å². The lowest BCUT2D eigenvalue weighted by molar-refractivity contribution is -0.129. The van der Waals surface area contributed by atoms with Crippen molar-refractivity contribution in [3.8, 4) is 5.75 Å². The van der Waals surface area contributed by atoms with Gasteiger partial charge in [-0.05, 0) is 42.3 Å². The van der Waals surface area contributed by atoms with E-state index >= 15 is 0 Å². The fourth-order valence-electron chi connectivity index (χ4n) is 2.61. The topological polar surface area (TPSA) is 80.6 Å². The molecule has 1 aromatic heterocycles. The first-order valence-corrected chi connectivity index (χ1v) is 9.36. The van der Waals surface area contributed by atoms with E-state index in [9.17, 15) is 9.59 Å². The van der Waals surface area contributed by atoms with Crippen LogP contribution in [-0.4, -0.2) is 18.4 Å². The SMILES string of the molecule is CCc1ccc2occ(CC(=O)NNC(=O)COc3ccc(Cl)cc3Cl)c2c1. The van der Waals surface area contributed by atoms with Crippen molar-refractivity contribution >= 4 is 46.0 Å². The molecule has 0 saturated heterocycles. The van der Waals surface area contributed by atoms with Crippen LogP contribution in [0.15, 0.2) is 47.1 Å². The second-order valence-corrected chi connectivity index (χ2v) is 6.93. The minimum absolute atomic E-state index is 0.0737. The second kappa shape index (κ2) is 8.99.